The summed E-state index contributed by atoms with van der Waals surface area (Å²) in [4.78, 5) is 26.1. The second-order valence-electron chi connectivity index (χ2n) is 10.0. The van der Waals surface area contributed by atoms with Gasteiger partial charge in [-0.25, -0.2) is 14.4 Å². The molecule has 4 heterocycles. The fourth-order valence-electron chi connectivity index (χ4n) is 6.06. The molecule has 3 aliphatic rings. The van der Waals surface area contributed by atoms with Crippen LogP contribution in [0.2, 0.25) is 0 Å². The lowest BCUT2D eigenvalue weighted by atomic mass is 10.1. The lowest BCUT2D eigenvalue weighted by molar-refractivity contribution is -0.119. The fourth-order valence-corrected chi connectivity index (χ4v) is 6.98. The van der Waals surface area contributed by atoms with Gasteiger partial charge in [0.2, 0.25) is 5.91 Å². The van der Waals surface area contributed by atoms with Crippen molar-refractivity contribution >= 4 is 33.3 Å². The molecule has 35 heavy (non-hydrogen) atoms. The largest absolute Gasteiger partial charge is 0.380 e. The Hall–Kier alpha value is -2.62. The van der Waals surface area contributed by atoms with Crippen molar-refractivity contribution in [1.29, 1.82) is 0 Å². The topological polar surface area (TPSA) is 84.6 Å². The van der Waals surface area contributed by atoms with E-state index in [1.54, 1.807) is 17.7 Å². The summed E-state index contributed by atoms with van der Waals surface area (Å²) >= 11 is 1.60. The number of rotatable bonds is 9. The number of carbonyl (C=O) groups excluding carboxylic acids is 1. The SMILES string of the molecule is NC(=O)C[C@@H]1CCCN1CCOCC1C2CN(c3ncnc4scc(-c5ccc(F)cc5)c34)CC12. The van der Waals surface area contributed by atoms with Crippen molar-refractivity contribution in [2.24, 2.45) is 23.5 Å². The van der Waals surface area contributed by atoms with Crippen LogP contribution in [-0.4, -0.2) is 66.2 Å². The number of hydrogen-bond acceptors (Lipinski definition) is 7. The highest BCUT2D eigenvalue weighted by atomic mass is 32.1. The van der Waals surface area contributed by atoms with Gasteiger partial charge in [0.15, 0.2) is 0 Å². The average molecular weight is 496 g/mol. The quantitative estimate of drug-likeness (QED) is 0.457. The molecule has 0 bridgehead atoms. The Labute approximate surface area is 208 Å². The van der Waals surface area contributed by atoms with E-state index >= 15 is 0 Å². The summed E-state index contributed by atoms with van der Waals surface area (Å²) in [5, 5.41) is 3.16. The highest BCUT2D eigenvalue weighted by molar-refractivity contribution is 7.17. The number of primary amides is 1. The van der Waals surface area contributed by atoms with Crippen LogP contribution in [0.3, 0.4) is 0 Å². The Bertz CT molecular complexity index is 1210. The smallest absolute Gasteiger partial charge is 0.218 e. The zero-order valence-electron chi connectivity index (χ0n) is 19.6. The van der Waals surface area contributed by atoms with Gasteiger partial charge in [-0.05, 0) is 54.8 Å². The van der Waals surface area contributed by atoms with Gasteiger partial charge < -0.3 is 15.4 Å². The van der Waals surface area contributed by atoms with Crippen molar-refractivity contribution in [3.8, 4) is 11.1 Å². The maximum atomic E-state index is 13.4. The summed E-state index contributed by atoms with van der Waals surface area (Å²) in [5.41, 5.74) is 7.44. The van der Waals surface area contributed by atoms with Crippen LogP contribution in [0.5, 0.6) is 0 Å². The maximum Gasteiger partial charge on any atom is 0.218 e. The number of likely N-dealkylation sites (tertiary alicyclic amines) is 1. The second kappa shape index (κ2) is 9.44. The van der Waals surface area contributed by atoms with Gasteiger partial charge in [-0.15, -0.1) is 11.3 Å². The molecule has 1 aliphatic carbocycles. The van der Waals surface area contributed by atoms with E-state index in [-0.39, 0.29) is 17.8 Å². The van der Waals surface area contributed by atoms with Crippen molar-refractivity contribution in [2.45, 2.75) is 25.3 Å². The van der Waals surface area contributed by atoms with Crippen LogP contribution < -0.4 is 10.6 Å². The molecule has 6 rings (SSSR count). The third-order valence-corrected chi connectivity index (χ3v) is 8.83. The summed E-state index contributed by atoms with van der Waals surface area (Å²) in [6.45, 7) is 5.37. The number of thiophene rings is 1. The summed E-state index contributed by atoms with van der Waals surface area (Å²) < 4.78 is 19.5. The minimum atomic E-state index is -0.233. The number of ether oxygens (including phenoxy) is 1. The van der Waals surface area contributed by atoms with E-state index in [4.69, 9.17) is 10.5 Å². The molecule has 2 N–H and O–H groups in total. The van der Waals surface area contributed by atoms with E-state index in [9.17, 15) is 9.18 Å². The van der Waals surface area contributed by atoms with E-state index in [0.29, 0.717) is 30.8 Å². The summed E-state index contributed by atoms with van der Waals surface area (Å²) in [6.07, 6.45) is 4.28. The van der Waals surface area contributed by atoms with Gasteiger partial charge >= 0.3 is 0 Å². The molecule has 3 atom stereocenters. The van der Waals surface area contributed by atoms with Gasteiger partial charge in [-0.2, -0.15) is 0 Å². The van der Waals surface area contributed by atoms with E-state index in [2.05, 4.69) is 25.1 Å². The monoisotopic (exact) mass is 495 g/mol. The van der Waals surface area contributed by atoms with Crippen LogP contribution in [0.4, 0.5) is 10.2 Å². The third-order valence-electron chi connectivity index (χ3n) is 7.95. The van der Waals surface area contributed by atoms with Gasteiger partial charge in [0.05, 0.1) is 18.6 Å². The van der Waals surface area contributed by atoms with Crippen molar-refractivity contribution in [2.75, 3.05) is 44.3 Å². The van der Waals surface area contributed by atoms with Gasteiger partial charge in [-0.3, -0.25) is 9.69 Å². The van der Waals surface area contributed by atoms with Crippen LogP contribution in [0.15, 0.2) is 36.0 Å². The predicted octanol–water partition coefficient (Wildman–Crippen LogP) is 3.54. The average Bonchev–Trinajstić information content (AvgIpc) is 3.29. The molecule has 2 unspecified atom stereocenters. The van der Waals surface area contributed by atoms with Gasteiger partial charge in [0, 0.05) is 43.0 Å². The predicted molar refractivity (Wildman–Crippen MR) is 135 cm³/mol. The van der Waals surface area contributed by atoms with Gasteiger partial charge in [0.1, 0.15) is 22.8 Å². The van der Waals surface area contributed by atoms with Crippen molar-refractivity contribution in [1.82, 2.24) is 14.9 Å². The first-order valence-electron chi connectivity index (χ1n) is 12.4. The molecule has 2 aromatic heterocycles. The Kier molecular flexibility index (Phi) is 6.16. The Morgan fingerprint density at radius 2 is 2.00 bits per heavy atom. The van der Waals surface area contributed by atoms with E-state index < -0.39 is 0 Å². The molecule has 0 spiro atoms. The number of carbonyl (C=O) groups is 1. The summed E-state index contributed by atoms with van der Waals surface area (Å²) in [6, 6.07) is 6.92. The molecule has 2 saturated heterocycles. The van der Waals surface area contributed by atoms with Crippen molar-refractivity contribution in [3.05, 3.63) is 41.8 Å². The highest BCUT2D eigenvalue weighted by Crippen LogP contribution is 2.53. The molecule has 7 nitrogen and oxygen atoms in total. The van der Waals surface area contributed by atoms with Crippen LogP contribution in [0.25, 0.3) is 21.3 Å². The van der Waals surface area contributed by atoms with Crippen molar-refractivity contribution < 1.29 is 13.9 Å². The molecule has 1 amide bonds. The standard InChI is InChI=1S/C26H30FN5O2S/c27-17-5-3-16(4-6-17)22-14-35-26-24(22)25(29-15-30-26)32-11-19-20(12-32)21(19)13-34-9-8-31-7-1-2-18(31)10-23(28)33/h3-6,14-15,18-21H,1-2,7-13H2,(H2,28,33)/t18-,19?,20?,21?/m0/s1. The van der Waals surface area contributed by atoms with Crippen molar-refractivity contribution in [3.63, 3.8) is 0 Å². The molecule has 2 aliphatic heterocycles. The van der Waals surface area contributed by atoms with E-state index in [1.165, 1.54) is 12.1 Å². The number of nitrogens with zero attached hydrogens (tertiary/aromatic N) is 4. The molecular formula is C26H30FN5O2S. The molecule has 3 aromatic rings. The Morgan fingerprint density at radius 3 is 2.77 bits per heavy atom. The minimum Gasteiger partial charge on any atom is -0.380 e. The number of nitrogens with two attached hydrogens (primary N) is 1. The van der Waals surface area contributed by atoms with Gasteiger partial charge in [-0.1, -0.05) is 12.1 Å². The number of halogens is 1. The number of anilines is 1. The van der Waals surface area contributed by atoms with Gasteiger partial charge in [0.25, 0.3) is 0 Å². The zero-order valence-corrected chi connectivity index (χ0v) is 20.4. The number of hydrogen-bond donors (Lipinski definition) is 1. The van der Waals surface area contributed by atoms with Crippen LogP contribution in [0.1, 0.15) is 19.3 Å². The number of benzene rings is 1. The molecular weight excluding hydrogens is 465 g/mol. The van der Waals surface area contributed by atoms with Crippen LogP contribution >= 0.6 is 11.3 Å². The molecule has 1 aromatic carbocycles. The minimum absolute atomic E-state index is 0.216. The Morgan fingerprint density at radius 1 is 1.20 bits per heavy atom. The normalized spacial score (nSPS) is 25.9. The zero-order chi connectivity index (χ0) is 23.9. The van der Waals surface area contributed by atoms with E-state index in [1.807, 2.05) is 12.1 Å². The molecule has 1 saturated carbocycles. The van der Waals surface area contributed by atoms with Crippen LogP contribution in [-0.2, 0) is 9.53 Å². The number of amides is 1. The first-order chi connectivity index (χ1) is 17.1. The third kappa shape index (κ3) is 4.52. The molecule has 0 radical (unpaired) electrons. The molecule has 184 valence electrons. The number of piperidine rings is 1. The van der Waals surface area contributed by atoms with Crippen LogP contribution in [0, 0.1) is 23.6 Å². The lowest BCUT2D eigenvalue weighted by Gasteiger charge is -2.24. The van der Waals surface area contributed by atoms with E-state index in [0.717, 1.165) is 72.8 Å². The first kappa shape index (κ1) is 22.8. The number of aromatic nitrogens is 2. The summed E-state index contributed by atoms with van der Waals surface area (Å²) in [7, 11) is 0. The molecule has 3 fully saturated rings. The second-order valence-corrected chi connectivity index (χ2v) is 10.9. The summed E-state index contributed by atoms with van der Waals surface area (Å²) in [5.74, 6) is 2.43. The lowest BCUT2D eigenvalue weighted by Crippen LogP contribution is -2.35. The maximum absolute atomic E-state index is 13.4. The molecule has 9 heteroatoms. The number of fused-ring (bicyclic) bond motifs is 2. The Balaban J connectivity index is 1.05. The fraction of sp³-hybridized carbons (Fsp3) is 0.500. The highest BCUT2D eigenvalue weighted by Gasteiger charge is 2.56. The first-order valence-corrected chi connectivity index (χ1v) is 13.3.